The molecule has 2 N–H and O–H groups in total. The minimum Gasteiger partial charge on any atom is -0.495 e. The molecule has 2 aromatic rings. The summed E-state index contributed by atoms with van der Waals surface area (Å²) in [5.74, 6) is -0.258. The molecule has 7 heteroatoms. The van der Waals surface area contributed by atoms with E-state index in [0.717, 1.165) is 17.5 Å². The summed E-state index contributed by atoms with van der Waals surface area (Å²) in [7, 11) is 1.59. The van der Waals surface area contributed by atoms with Gasteiger partial charge >= 0.3 is 0 Å². The van der Waals surface area contributed by atoms with E-state index in [0.29, 0.717) is 29.9 Å². The molecule has 110 valence electrons. The van der Waals surface area contributed by atoms with Gasteiger partial charge in [0, 0.05) is 11.8 Å². The highest BCUT2D eigenvalue weighted by atomic mass is 16.5. The Bertz CT molecular complexity index is 722. The number of ether oxygens (including phenoxy) is 1. The Morgan fingerprint density at radius 2 is 2.24 bits per heavy atom. The number of imide groups is 1. The van der Waals surface area contributed by atoms with Gasteiger partial charge in [0.05, 0.1) is 24.4 Å². The lowest BCUT2D eigenvalue weighted by Crippen LogP contribution is -2.39. The smallest absolute Gasteiger partial charge is 0.235 e. The van der Waals surface area contributed by atoms with E-state index in [1.807, 2.05) is 13.0 Å². The first-order valence-corrected chi connectivity index (χ1v) is 6.89. The molecule has 1 atom stereocenters. The summed E-state index contributed by atoms with van der Waals surface area (Å²) in [6.07, 6.45) is 1.54. The zero-order chi connectivity index (χ0) is 15.0. The Balaban J connectivity index is 2.07. The maximum atomic E-state index is 12.0. The topological polar surface area (TPSA) is 97.0 Å². The van der Waals surface area contributed by atoms with Crippen molar-refractivity contribution in [1.82, 2.24) is 20.5 Å². The Hall–Kier alpha value is -2.44. The monoisotopic (exact) mass is 288 g/mol. The first-order valence-electron chi connectivity index (χ1n) is 6.89. The number of nitrogens with zero attached hydrogens (tertiary/aromatic N) is 2. The summed E-state index contributed by atoms with van der Waals surface area (Å²) in [6.45, 7) is 1.99. The van der Waals surface area contributed by atoms with E-state index in [1.54, 1.807) is 7.11 Å². The lowest BCUT2D eigenvalue weighted by Gasteiger charge is -2.19. The molecule has 0 radical (unpaired) electrons. The second-order valence-corrected chi connectivity index (χ2v) is 5.00. The van der Waals surface area contributed by atoms with Gasteiger partial charge in [0.15, 0.2) is 5.65 Å². The molecule has 3 rings (SSSR count). The van der Waals surface area contributed by atoms with Crippen LogP contribution in [0.25, 0.3) is 11.0 Å². The van der Waals surface area contributed by atoms with Crippen LogP contribution < -0.4 is 10.1 Å². The summed E-state index contributed by atoms with van der Waals surface area (Å²) in [5.41, 5.74) is 2.07. The molecule has 21 heavy (non-hydrogen) atoms. The molecule has 1 aliphatic heterocycles. The van der Waals surface area contributed by atoms with Gasteiger partial charge in [-0.15, -0.1) is 0 Å². The number of aromatic nitrogens is 3. The second kappa shape index (κ2) is 5.16. The van der Waals surface area contributed by atoms with E-state index < -0.39 is 5.92 Å². The second-order valence-electron chi connectivity index (χ2n) is 5.00. The van der Waals surface area contributed by atoms with E-state index in [1.165, 1.54) is 0 Å². The van der Waals surface area contributed by atoms with Crippen molar-refractivity contribution in [3.63, 3.8) is 0 Å². The van der Waals surface area contributed by atoms with Gasteiger partial charge in [-0.05, 0) is 18.9 Å². The molecule has 3 heterocycles. The number of H-pyrrole nitrogens is 1. The van der Waals surface area contributed by atoms with Gasteiger partial charge in [0.1, 0.15) is 5.75 Å². The lowest BCUT2D eigenvalue weighted by atomic mass is 9.93. The fourth-order valence-corrected chi connectivity index (χ4v) is 2.64. The number of aryl methyl sites for hydroxylation is 1. The Kier molecular flexibility index (Phi) is 3.32. The van der Waals surface area contributed by atoms with Gasteiger partial charge in [0.2, 0.25) is 11.8 Å². The van der Waals surface area contributed by atoms with Crippen molar-refractivity contribution in [2.24, 2.45) is 0 Å². The van der Waals surface area contributed by atoms with Crippen LogP contribution in [0.3, 0.4) is 0 Å². The number of pyridine rings is 1. The Morgan fingerprint density at radius 3 is 2.90 bits per heavy atom. The summed E-state index contributed by atoms with van der Waals surface area (Å²) in [5, 5.41) is 10.2. The van der Waals surface area contributed by atoms with Crippen LogP contribution in [0.4, 0.5) is 0 Å². The Morgan fingerprint density at radius 1 is 1.43 bits per heavy atom. The number of hydrogen-bond donors (Lipinski definition) is 2. The largest absolute Gasteiger partial charge is 0.495 e. The number of rotatable bonds is 3. The maximum Gasteiger partial charge on any atom is 0.235 e. The third-order valence-corrected chi connectivity index (χ3v) is 3.76. The molecule has 1 aliphatic rings. The highest BCUT2D eigenvalue weighted by molar-refractivity contribution is 6.02. The van der Waals surface area contributed by atoms with Crippen molar-refractivity contribution in [2.75, 3.05) is 7.11 Å². The molecule has 1 saturated heterocycles. The van der Waals surface area contributed by atoms with Gasteiger partial charge in [-0.3, -0.25) is 20.0 Å². The number of piperidine rings is 1. The summed E-state index contributed by atoms with van der Waals surface area (Å²) < 4.78 is 5.34. The molecule has 0 aromatic carbocycles. The molecule has 1 fully saturated rings. The van der Waals surface area contributed by atoms with Gasteiger partial charge in [0.25, 0.3) is 0 Å². The van der Waals surface area contributed by atoms with Crippen LogP contribution in [0.2, 0.25) is 0 Å². The van der Waals surface area contributed by atoms with Gasteiger partial charge in [-0.25, -0.2) is 4.98 Å². The van der Waals surface area contributed by atoms with Crippen LogP contribution in [0.15, 0.2) is 6.07 Å². The molecule has 0 aliphatic carbocycles. The quantitative estimate of drug-likeness (QED) is 0.823. The Labute approximate surface area is 121 Å². The van der Waals surface area contributed by atoms with Gasteiger partial charge in [-0.1, -0.05) is 6.92 Å². The molecule has 0 saturated carbocycles. The number of amides is 2. The average molecular weight is 288 g/mol. The normalized spacial score (nSPS) is 18.9. The summed E-state index contributed by atoms with van der Waals surface area (Å²) in [4.78, 5) is 27.7. The fraction of sp³-hybridized carbons (Fsp3) is 0.429. The maximum absolute atomic E-state index is 12.0. The summed E-state index contributed by atoms with van der Waals surface area (Å²) in [6, 6.07) is 1.85. The van der Waals surface area contributed by atoms with Crippen molar-refractivity contribution >= 4 is 22.8 Å². The fourth-order valence-electron chi connectivity index (χ4n) is 2.64. The van der Waals surface area contributed by atoms with Crippen molar-refractivity contribution < 1.29 is 14.3 Å². The van der Waals surface area contributed by atoms with E-state index in [4.69, 9.17) is 4.74 Å². The molecule has 7 nitrogen and oxygen atoms in total. The van der Waals surface area contributed by atoms with Crippen LogP contribution >= 0.6 is 0 Å². The van der Waals surface area contributed by atoms with Crippen molar-refractivity contribution in [3.8, 4) is 5.75 Å². The predicted octanol–water partition coefficient (Wildman–Crippen LogP) is 1.05. The average Bonchev–Trinajstić information content (AvgIpc) is 2.88. The van der Waals surface area contributed by atoms with E-state index in [-0.39, 0.29) is 11.8 Å². The summed E-state index contributed by atoms with van der Waals surface area (Å²) >= 11 is 0. The van der Waals surface area contributed by atoms with Gasteiger partial charge < -0.3 is 4.74 Å². The van der Waals surface area contributed by atoms with E-state index in [9.17, 15) is 9.59 Å². The third-order valence-electron chi connectivity index (χ3n) is 3.76. The van der Waals surface area contributed by atoms with Crippen molar-refractivity contribution in [1.29, 1.82) is 0 Å². The van der Waals surface area contributed by atoms with Crippen molar-refractivity contribution in [3.05, 3.63) is 17.5 Å². The number of methoxy groups -OCH3 is 1. The SMILES string of the molecule is CCc1nc2n[nH]c(C3CCC(=O)NC3=O)c2cc1OC. The highest BCUT2D eigenvalue weighted by Crippen LogP contribution is 2.31. The highest BCUT2D eigenvalue weighted by Gasteiger charge is 2.31. The zero-order valence-electron chi connectivity index (χ0n) is 11.9. The number of nitrogens with one attached hydrogen (secondary N) is 2. The number of carbonyl (C=O) groups is 2. The standard InChI is InChI=1S/C14H16N4O3/c1-3-9-10(21-2)6-8-12(17-18-13(8)15-9)7-4-5-11(19)16-14(7)20/h6-7H,3-5H2,1-2H3,(H,15,17,18)(H,16,19,20). The zero-order valence-corrected chi connectivity index (χ0v) is 11.9. The van der Waals surface area contributed by atoms with Crippen LogP contribution in [-0.4, -0.2) is 34.1 Å². The predicted molar refractivity (Wildman–Crippen MR) is 74.9 cm³/mol. The minimum atomic E-state index is -0.410. The first kappa shape index (κ1) is 13.5. The van der Waals surface area contributed by atoms with Crippen LogP contribution in [0, 0.1) is 0 Å². The number of fused-ring (bicyclic) bond motifs is 1. The van der Waals surface area contributed by atoms with Crippen molar-refractivity contribution in [2.45, 2.75) is 32.1 Å². The molecular formula is C14H16N4O3. The molecule has 0 bridgehead atoms. The van der Waals surface area contributed by atoms with Gasteiger partial charge in [-0.2, -0.15) is 5.10 Å². The lowest BCUT2D eigenvalue weighted by molar-refractivity contribution is -0.134. The molecule has 2 amide bonds. The van der Waals surface area contributed by atoms with Crippen LogP contribution in [0.1, 0.15) is 37.1 Å². The molecular weight excluding hydrogens is 272 g/mol. The number of aromatic amines is 1. The molecule has 0 spiro atoms. The van der Waals surface area contributed by atoms with Crippen LogP contribution in [-0.2, 0) is 16.0 Å². The van der Waals surface area contributed by atoms with E-state index >= 15 is 0 Å². The number of hydrogen-bond acceptors (Lipinski definition) is 5. The first-order chi connectivity index (χ1) is 10.1. The van der Waals surface area contributed by atoms with E-state index in [2.05, 4.69) is 20.5 Å². The number of carbonyl (C=O) groups excluding carboxylic acids is 2. The third kappa shape index (κ3) is 2.24. The molecule has 2 aromatic heterocycles. The molecule has 1 unspecified atom stereocenters. The minimum absolute atomic E-state index is 0.232. The van der Waals surface area contributed by atoms with Crippen LogP contribution in [0.5, 0.6) is 5.75 Å².